The summed E-state index contributed by atoms with van der Waals surface area (Å²) in [6.45, 7) is 6.72. The summed E-state index contributed by atoms with van der Waals surface area (Å²) in [5.41, 5.74) is 2.13. The Labute approximate surface area is 188 Å². The van der Waals surface area contributed by atoms with Crippen LogP contribution in [0.5, 0.6) is 17.2 Å². The molecule has 174 valence electrons. The fourth-order valence-corrected chi connectivity index (χ4v) is 3.08. The molecule has 0 fully saturated rings. The number of ether oxygens (including phenoxy) is 3. The van der Waals surface area contributed by atoms with Crippen LogP contribution >= 0.6 is 0 Å². The molecular formula is C25H31FO6. The van der Waals surface area contributed by atoms with Crippen LogP contribution in [-0.2, 0) is 22.4 Å². The summed E-state index contributed by atoms with van der Waals surface area (Å²) in [6, 6.07) is 7.86. The van der Waals surface area contributed by atoms with E-state index in [1.165, 1.54) is 18.2 Å². The molecule has 0 radical (unpaired) electrons. The number of aromatic hydroxyl groups is 1. The fourth-order valence-electron chi connectivity index (χ4n) is 3.08. The van der Waals surface area contributed by atoms with E-state index < -0.39 is 17.5 Å². The van der Waals surface area contributed by atoms with Crippen molar-refractivity contribution in [2.75, 3.05) is 19.8 Å². The molecule has 0 atom stereocenters. The Hall–Kier alpha value is -3.22. The molecule has 0 aliphatic heterocycles. The third-order valence-corrected chi connectivity index (χ3v) is 4.80. The lowest BCUT2D eigenvalue weighted by atomic mass is 10.1. The summed E-state index contributed by atoms with van der Waals surface area (Å²) in [5.74, 6) is -1.45. The van der Waals surface area contributed by atoms with Gasteiger partial charge in [0.25, 0.3) is 0 Å². The van der Waals surface area contributed by atoms with Crippen LogP contribution in [0.3, 0.4) is 0 Å². The number of rotatable bonds is 13. The van der Waals surface area contributed by atoms with E-state index in [2.05, 4.69) is 6.92 Å². The van der Waals surface area contributed by atoms with E-state index in [9.17, 15) is 19.4 Å². The second-order valence-corrected chi connectivity index (χ2v) is 7.16. The molecule has 0 spiro atoms. The summed E-state index contributed by atoms with van der Waals surface area (Å²) in [7, 11) is 0. The number of hydrogen-bond donors (Lipinski definition) is 2. The summed E-state index contributed by atoms with van der Waals surface area (Å²) >= 11 is 0. The monoisotopic (exact) mass is 446 g/mol. The zero-order chi connectivity index (χ0) is 23.5. The van der Waals surface area contributed by atoms with Gasteiger partial charge >= 0.3 is 5.97 Å². The minimum atomic E-state index is -1.18. The van der Waals surface area contributed by atoms with Crippen LogP contribution in [0, 0.1) is 5.82 Å². The van der Waals surface area contributed by atoms with Gasteiger partial charge in [0.05, 0.1) is 19.8 Å². The molecule has 0 saturated heterocycles. The lowest BCUT2D eigenvalue weighted by Gasteiger charge is -2.19. The molecule has 0 heterocycles. The Morgan fingerprint density at radius 3 is 2.44 bits per heavy atom. The first-order chi connectivity index (χ1) is 15.4. The third-order valence-electron chi connectivity index (χ3n) is 4.80. The van der Waals surface area contributed by atoms with E-state index in [-0.39, 0.29) is 19.0 Å². The number of halogens is 1. The zero-order valence-electron chi connectivity index (χ0n) is 18.8. The smallest absolute Gasteiger partial charge is 0.371 e. The number of aryl methyl sites for hydroxylation is 1. The predicted molar refractivity (Wildman–Crippen MR) is 121 cm³/mol. The highest BCUT2D eigenvalue weighted by atomic mass is 19.1. The minimum Gasteiger partial charge on any atom is -0.505 e. The number of carbonyl (C=O) groups is 1. The van der Waals surface area contributed by atoms with Gasteiger partial charge in [-0.05, 0) is 49.1 Å². The van der Waals surface area contributed by atoms with E-state index in [4.69, 9.17) is 14.2 Å². The first-order valence-electron chi connectivity index (χ1n) is 10.9. The molecule has 32 heavy (non-hydrogen) atoms. The van der Waals surface area contributed by atoms with Crippen molar-refractivity contribution in [2.45, 2.75) is 46.5 Å². The van der Waals surface area contributed by atoms with Gasteiger partial charge in [0.1, 0.15) is 0 Å². The van der Waals surface area contributed by atoms with Crippen LogP contribution in [0.15, 0.2) is 36.1 Å². The van der Waals surface area contributed by atoms with E-state index in [1.54, 1.807) is 19.1 Å². The van der Waals surface area contributed by atoms with Crippen LogP contribution in [0.1, 0.15) is 50.3 Å². The van der Waals surface area contributed by atoms with E-state index in [1.807, 2.05) is 13.0 Å². The Morgan fingerprint density at radius 1 is 1.06 bits per heavy atom. The maximum absolute atomic E-state index is 13.6. The standard InChI is InChI=1S/C25H31FO6/c1-4-7-13-31-23-18(5-2)9-10-19(16-22(25(28)29)30-6-3)24(23)32-14-12-17-8-11-21(27)20(26)15-17/h8-11,15-16,27H,4-7,12-14H2,1-3H3,(H,28,29)/b22-16-. The van der Waals surface area contributed by atoms with Crippen LogP contribution in [0.25, 0.3) is 6.08 Å². The summed E-state index contributed by atoms with van der Waals surface area (Å²) < 4.78 is 31.0. The van der Waals surface area contributed by atoms with Crippen LogP contribution < -0.4 is 9.47 Å². The summed E-state index contributed by atoms with van der Waals surface area (Å²) in [6.07, 6.45) is 4.37. The molecule has 0 saturated carbocycles. The number of benzene rings is 2. The van der Waals surface area contributed by atoms with Crippen molar-refractivity contribution in [2.24, 2.45) is 0 Å². The Balaban J connectivity index is 2.39. The van der Waals surface area contributed by atoms with Gasteiger partial charge in [-0.25, -0.2) is 9.18 Å². The van der Waals surface area contributed by atoms with E-state index in [0.29, 0.717) is 42.1 Å². The average Bonchev–Trinajstić information content (AvgIpc) is 2.77. The van der Waals surface area contributed by atoms with Gasteiger partial charge in [-0.1, -0.05) is 38.5 Å². The van der Waals surface area contributed by atoms with Gasteiger partial charge in [-0.2, -0.15) is 0 Å². The molecule has 2 aromatic carbocycles. The molecule has 0 unspecified atom stereocenters. The van der Waals surface area contributed by atoms with Crippen molar-refractivity contribution in [1.29, 1.82) is 0 Å². The molecule has 0 aliphatic rings. The Bertz CT molecular complexity index is 938. The van der Waals surface area contributed by atoms with Gasteiger partial charge in [0, 0.05) is 12.0 Å². The van der Waals surface area contributed by atoms with Crippen molar-refractivity contribution in [3.05, 3.63) is 58.6 Å². The van der Waals surface area contributed by atoms with Gasteiger partial charge in [-0.3, -0.25) is 0 Å². The SMILES string of the molecule is CCCCOc1c(CC)ccc(/C=C(\OCC)C(=O)O)c1OCCc1ccc(O)c(F)c1. The Morgan fingerprint density at radius 2 is 1.81 bits per heavy atom. The highest BCUT2D eigenvalue weighted by molar-refractivity contribution is 5.90. The van der Waals surface area contributed by atoms with Crippen molar-refractivity contribution < 1.29 is 33.6 Å². The molecule has 6 nitrogen and oxygen atoms in total. The summed E-state index contributed by atoms with van der Waals surface area (Å²) in [4.78, 5) is 11.6. The lowest BCUT2D eigenvalue weighted by Crippen LogP contribution is -2.09. The number of unbranched alkanes of at least 4 members (excludes halogenated alkanes) is 1. The van der Waals surface area contributed by atoms with Crippen LogP contribution in [0.2, 0.25) is 0 Å². The van der Waals surface area contributed by atoms with E-state index in [0.717, 1.165) is 18.4 Å². The average molecular weight is 447 g/mol. The number of carboxylic acid groups (broad SMARTS) is 1. The largest absolute Gasteiger partial charge is 0.505 e. The lowest BCUT2D eigenvalue weighted by molar-refractivity contribution is -0.136. The quantitative estimate of drug-likeness (QED) is 0.245. The Kier molecular flexibility index (Phi) is 9.85. The molecular weight excluding hydrogens is 415 g/mol. The molecule has 2 rings (SSSR count). The third kappa shape index (κ3) is 6.90. The highest BCUT2D eigenvalue weighted by Crippen LogP contribution is 2.37. The van der Waals surface area contributed by atoms with Gasteiger partial charge < -0.3 is 24.4 Å². The number of carboxylic acids is 1. The van der Waals surface area contributed by atoms with Crippen molar-refractivity contribution in [3.63, 3.8) is 0 Å². The van der Waals surface area contributed by atoms with Crippen molar-refractivity contribution >= 4 is 12.0 Å². The van der Waals surface area contributed by atoms with Crippen LogP contribution in [0.4, 0.5) is 4.39 Å². The highest BCUT2D eigenvalue weighted by Gasteiger charge is 2.18. The maximum atomic E-state index is 13.6. The minimum absolute atomic E-state index is 0.193. The molecule has 2 aromatic rings. The van der Waals surface area contributed by atoms with Gasteiger partial charge in [-0.15, -0.1) is 0 Å². The predicted octanol–water partition coefficient (Wildman–Crippen LogP) is 5.36. The first kappa shape index (κ1) is 25.0. The van der Waals surface area contributed by atoms with Crippen molar-refractivity contribution in [3.8, 4) is 17.2 Å². The van der Waals surface area contributed by atoms with Gasteiger partial charge in [0.15, 0.2) is 23.1 Å². The van der Waals surface area contributed by atoms with Crippen molar-refractivity contribution in [1.82, 2.24) is 0 Å². The maximum Gasteiger partial charge on any atom is 0.371 e. The topological polar surface area (TPSA) is 85.2 Å². The molecule has 0 aliphatic carbocycles. The molecule has 0 amide bonds. The second-order valence-electron chi connectivity index (χ2n) is 7.16. The number of phenolic OH excluding ortho intramolecular Hbond substituents is 1. The first-order valence-corrected chi connectivity index (χ1v) is 10.9. The molecule has 0 aromatic heterocycles. The number of hydrogen-bond acceptors (Lipinski definition) is 5. The normalized spacial score (nSPS) is 11.3. The summed E-state index contributed by atoms with van der Waals surface area (Å²) in [5, 5.41) is 18.8. The molecule has 0 bridgehead atoms. The molecule has 2 N–H and O–H groups in total. The van der Waals surface area contributed by atoms with Crippen LogP contribution in [-0.4, -0.2) is 36.0 Å². The molecule has 7 heteroatoms. The zero-order valence-corrected chi connectivity index (χ0v) is 18.8. The van der Waals surface area contributed by atoms with E-state index >= 15 is 0 Å². The van der Waals surface area contributed by atoms with Gasteiger partial charge in [0.2, 0.25) is 5.76 Å². The fraction of sp³-hybridized carbons (Fsp3) is 0.400. The number of aliphatic carboxylic acids is 1. The number of phenols is 1. The second kappa shape index (κ2) is 12.6.